The molecule has 0 saturated carbocycles. The maximum Gasteiger partial charge on any atom is 0.0926 e. The topological polar surface area (TPSA) is 15.3 Å². The van der Waals surface area contributed by atoms with Gasteiger partial charge in [-0.25, -0.2) is 0 Å². The molecule has 3 rings (SSSR count). The third kappa shape index (κ3) is 2.99. The monoisotopic (exact) mass is 272 g/mol. The van der Waals surface area contributed by atoms with Crippen LogP contribution in [0, 0.1) is 0 Å². The number of rotatable bonds is 3. The van der Waals surface area contributed by atoms with Gasteiger partial charge in [0.25, 0.3) is 0 Å². The highest BCUT2D eigenvalue weighted by Crippen LogP contribution is 2.33. The number of nitrogens with zero attached hydrogens (tertiary/aromatic N) is 1. The summed E-state index contributed by atoms with van der Waals surface area (Å²) in [5, 5.41) is 6.89. The lowest BCUT2D eigenvalue weighted by molar-refractivity contribution is 0.251. The van der Waals surface area contributed by atoms with E-state index in [4.69, 9.17) is 0 Å². The maximum atomic E-state index is 3.56. The van der Waals surface area contributed by atoms with E-state index in [2.05, 4.69) is 59.0 Å². The lowest BCUT2D eigenvalue weighted by Gasteiger charge is -2.31. The third-order valence-corrected chi connectivity index (χ3v) is 4.59. The van der Waals surface area contributed by atoms with E-state index in [0.29, 0.717) is 5.92 Å². The smallest absolute Gasteiger partial charge is 0.0926 e. The molecule has 19 heavy (non-hydrogen) atoms. The van der Waals surface area contributed by atoms with Gasteiger partial charge in [-0.2, -0.15) is 0 Å². The number of likely N-dealkylation sites (tertiary alicyclic amines) is 1. The van der Waals surface area contributed by atoms with E-state index in [1.54, 1.807) is 11.3 Å². The molecule has 0 aliphatic carbocycles. The van der Waals surface area contributed by atoms with Crippen LogP contribution < -0.4 is 5.32 Å². The summed E-state index contributed by atoms with van der Waals surface area (Å²) in [6, 6.07) is 13.0. The average Bonchev–Trinajstić information content (AvgIpc) is 2.92. The highest BCUT2D eigenvalue weighted by molar-refractivity contribution is 7.14. The predicted molar refractivity (Wildman–Crippen MR) is 83.5 cm³/mol. The molecule has 100 valence electrons. The first-order valence-corrected chi connectivity index (χ1v) is 7.79. The molecule has 3 heteroatoms. The molecule has 1 aliphatic rings. The molecule has 1 aromatic heterocycles. The molecule has 1 aliphatic heterocycles. The van der Waals surface area contributed by atoms with Crippen LogP contribution in [0.25, 0.3) is 0 Å². The molecule has 2 nitrogen and oxygen atoms in total. The second-order valence-electron chi connectivity index (χ2n) is 5.29. The largest absolute Gasteiger partial charge is 0.347 e. The molecule has 0 bridgehead atoms. The van der Waals surface area contributed by atoms with Gasteiger partial charge in [0.05, 0.1) is 5.00 Å². The van der Waals surface area contributed by atoms with Crippen LogP contribution in [0.3, 0.4) is 0 Å². The van der Waals surface area contributed by atoms with Crippen LogP contribution in [0.15, 0.2) is 41.8 Å². The Morgan fingerprint density at radius 1 is 1.21 bits per heavy atom. The molecule has 1 unspecified atom stereocenters. The van der Waals surface area contributed by atoms with Crippen molar-refractivity contribution < 1.29 is 0 Å². The van der Waals surface area contributed by atoms with E-state index in [9.17, 15) is 0 Å². The Balaban J connectivity index is 1.84. The number of hydrogen-bond acceptors (Lipinski definition) is 3. The Morgan fingerprint density at radius 2 is 2.11 bits per heavy atom. The molecule has 0 amide bonds. The second-order valence-corrected chi connectivity index (χ2v) is 6.24. The lowest BCUT2D eigenvalue weighted by Crippen LogP contribution is -2.31. The van der Waals surface area contributed by atoms with E-state index in [-0.39, 0.29) is 0 Å². The number of thiophene rings is 1. The van der Waals surface area contributed by atoms with Gasteiger partial charge >= 0.3 is 0 Å². The number of para-hydroxylation sites is 1. The number of hydrogen-bond donors (Lipinski definition) is 1. The van der Waals surface area contributed by atoms with Crippen molar-refractivity contribution in [1.29, 1.82) is 0 Å². The molecule has 0 radical (unpaired) electrons. The van der Waals surface area contributed by atoms with Gasteiger partial charge in [0.2, 0.25) is 0 Å². The Morgan fingerprint density at radius 3 is 2.89 bits per heavy atom. The fraction of sp³-hybridized carbons (Fsp3) is 0.375. The summed E-state index contributed by atoms with van der Waals surface area (Å²) in [6.07, 6.45) is 2.60. The first-order chi connectivity index (χ1) is 9.33. The first-order valence-electron chi connectivity index (χ1n) is 6.91. The summed E-state index contributed by atoms with van der Waals surface area (Å²) in [5.74, 6) is 0.655. The van der Waals surface area contributed by atoms with Crippen molar-refractivity contribution in [3.8, 4) is 0 Å². The van der Waals surface area contributed by atoms with Crippen LogP contribution in [0.2, 0.25) is 0 Å². The van der Waals surface area contributed by atoms with Crippen molar-refractivity contribution in [3.63, 3.8) is 0 Å². The number of benzene rings is 1. The molecule has 1 saturated heterocycles. The second kappa shape index (κ2) is 5.76. The summed E-state index contributed by atoms with van der Waals surface area (Å²) >= 11 is 1.75. The minimum Gasteiger partial charge on any atom is -0.347 e. The molecule has 2 aromatic rings. The fourth-order valence-electron chi connectivity index (χ4n) is 2.87. The highest BCUT2D eigenvalue weighted by Gasteiger charge is 2.21. The molecular weight excluding hydrogens is 252 g/mol. The minimum atomic E-state index is 0.655. The van der Waals surface area contributed by atoms with Gasteiger partial charge in [-0.05, 0) is 61.5 Å². The van der Waals surface area contributed by atoms with Crippen LogP contribution in [-0.2, 0) is 0 Å². The van der Waals surface area contributed by atoms with Crippen molar-refractivity contribution in [1.82, 2.24) is 4.90 Å². The van der Waals surface area contributed by atoms with Gasteiger partial charge in [-0.1, -0.05) is 18.2 Å². The van der Waals surface area contributed by atoms with E-state index in [1.807, 2.05) is 0 Å². The summed E-state index contributed by atoms with van der Waals surface area (Å²) in [6.45, 7) is 2.40. The number of anilines is 2. The van der Waals surface area contributed by atoms with Crippen molar-refractivity contribution in [3.05, 3.63) is 47.3 Å². The Hall–Kier alpha value is -1.32. The standard InChI is InChI=1S/C16H20N2S/c1-18-10-4-6-13(12-18)14-7-2-3-8-15(14)17-16-9-5-11-19-16/h2-3,5,7-9,11,13,17H,4,6,10,12H2,1H3. The fourth-order valence-corrected chi connectivity index (χ4v) is 3.50. The minimum absolute atomic E-state index is 0.655. The van der Waals surface area contributed by atoms with Gasteiger partial charge in [0, 0.05) is 12.2 Å². The predicted octanol–water partition coefficient (Wildman–Crippen LogP) is 4.30. The quantitative estimate of drug-likeness (QED) is 0.896. The van der Waals surface area contributed by atoms with E-state index >= 15 is 0 Å². The third-order valence-electron chi connectivity index (χ3n) is 3.80. The van der Waals surface area contributed by atoms with Gasteiger partial charge in [-0.3, -0.25) is 0 Å². The van der Waals surface area contributed by atoms with E-state index < -0.39 is 0 Å². The van der Waals surface area contributed by atoms with Crippen LogP contribution in [0.4, 0.5) is 10.7 Å². The molecule has 1 N–H and O–H groups in total. The highest BCUT2D eigenvalue weighted by atomic mass is 32.1. The molecule has 1 atom stereocenters. The number of nitrogens with one attached hydrogen (secondary N) is 1. The Bertz CT molecular complexity index is 521. The van der Waals surface area contributed by atoms with E-state index in [1.165, 1.54) is 42.2 Å². The van der Waals surface area contributed by atoms with Gasteiger partial charge in [0.1, 0.15) is 0 Å². The average molecular weight is 272 g/mol. The van der Waals surface area contributed by atoms with Crippen LogP contribution in [-0.4, -0.2) is 25.0 Å². The number of piperidine rings is 1. The van der Waals surface area contributed by atoms with Crippen LogP contribution in [0.1, 0.15) is 24.3 Å². The zero-order valence-corrected chi connectivity index (χ0v) is 12.1. The van der Waals surface area contributed by atoms with Crippen molar-refractivity contribution in [2.75, 3.05) is 25.5 Å². The summed E-state index contributed by atoms with van der Waals surface area (Å²) in [5.41, 5.74) is 2.73. The maximum absolute atomic E-state index is 3.56. The molecule has 0 spiro atoms. The SMILES string of the molecule is CN1CCCC(c2ccccc2Nc2cccs2)C1. The van der Waals surface area contributed by atoms with E-state index in [0.717, 1.165) is 0 Å². The van der Waals surface area contributed by atoms with Gasteiger partial charge in [-0.15, -0.1) is 11.3 Å². The molecule has 2 heterocycles. The first kappa shape index (κ1) is 12.7. The van der Waals surface area contributed by atoms with Gasteiger partial charge < -0.3 is 10.2 Å². The zero-order chi connectivity index (χ0) is 13.1. The van der Waals surface area contributed by atoms with Crippen molar-refractivity contribution in [2.45, 2.75) is 18.8 Å². The normalized spacial score (nSPS) is 20.4. The van der Waals surface area contributed by atoms with Crippen LogP contribution in [0.5, 0.6) is 0 Å². The Kier molecular flexibility index (Phi) is 3.85. The molecule has 1 fully saturated rings. The zero-order valence-electron chi connectivity index (χ0n) is 11.3. The Labute approximate surface area is 119 Å². The van der Waals surface area contributed by atoms with Crippen molar-refractivity contribution >= 4 is 22.0 Å². The summed E-state index contributed by atoms with van der Waals surface area (Å²) in [7, 11) is 2.22. The molecule has 1 aromatic carbocycles. The number of likely N-dealkylation sites (N-methyl/N-ethyl adjacent to an activating group) is 1. The summed E-state index contributed by atoms with van der Waals surface area (Å²) < 4.78 is 0. The van der Waals surface area contributed by atoms with Gasteiger partial charge in [0.15, 0.2) is 0 Å². The molecular formula is C16H20N2S. The van der Waals surface area contributed by atoms with Crippen LogP contribution >= 0.6 is 11.3 Å². The van der Waals surface area contributed by atoms with Crippen molar-refractivity contribution in [2.24, 2.45) is 0 Å². The lowest BCUT2D eigenvalue weighted by atomic mass is 9.89. The summed E-state index contributed by atoms with van der Waals surface area (Å²) in [4.78, 5) is 2.44.